The molecule has 1 atom stereocenters. The average molecular weight is 181 g/mol. The Kier molecular flexibility index (Phi) is 4.18. The van der Waals surface area contributed by atoms with Crippen LogP contribution >= 0.6 is 0 Å². The molecule has 1 rings (SSSR count). The first kappa shape index (κ1) is 9.92. The third-order valence-electron chi connectivity index (χ3n) is 1.54. The Morgan fingerprint density at radius 1 is 1.62 bits per heavy atom. The van der Waals surface area contributed by atoms with Gasteiger partial charge < -0.3 is 10.1 Å². The van der Waals surface area contributed by atoms with Gasteiger partial charge in [-0.2, -0.15) is 5.10 Å². The molecule has 0 radical (unpaired) electrons. The van der Waals surface area contributed by atoms with Gasteiger partial charge in [-0.05, 0) is 26.0 Å². The third-order valence-corrected chi connectivity index (χ3v) is 1.54. The van der Waals surface area contributed by atoms with Crippen LogP contribution in [0.4, 0.5) is 5.82 Å². The Bertz CT molecular complexity index is 228. The molecule has 0 saturated carbocycles. The lowest BCUT2D eigenvalue weighted by molar-refractivity contribution is 0.141. The van der Waals surface area contributed by atoms with Crippen molar-refractivity contribution < 1.29 is 4.74 Å². The molecule has 0 spiro atoms. The molecule has 1 aromatic heterocycles. The molecule has 4 nitrogen and oxygen atoms in total. The van der Waals surface area contributed by atoms with Gasteiger partial charge in [0, 0.05) is 18.8 Å². The Hall–Kier alpha value is -1.16. The molecule has 0 amide bonds. The summed E-state index contributed by atoms with van der Waals surface area (Å²) in [5, 5.41) is 10.9. The van der Waals surface area contributed by atoms with Gasteiger partial charge in [-0.15, -0.1) is 5.10 Å². The molecule has 0 aliphatic heterocycles. The lowest BCUT2D eigenvalue weighted by Gasteiger charge is -2.13. The van der Waals surface area contributed by atoms with Gasteiger partial charge >= 0.3 is 0 Å². The van der Waals surface area contributed by atoms with Crippen LogP contribution in [0.2, 0.25) is 0 Å². The van der Waals surface area contributed by atoms with E-state index in [2.05, 4.69) is 15.5 Å². The molecule has 0 aromatic carbocycles. The number of nitrogens with one attached hydrogen (secondary N) is 1. The zero-order valence-electron chi connectivity index (χ0n) is 8.03. The van der Waals surface area contributed by atoms with E-state index >= 15 is 0 Å². The van der Waals surface area contributed by atoms with Gasteiger partial charge in [0.15, 0.2) is 0 Å². The second-order valence-electron chi connectivity index (χ2n) is 2.81. The molecule has 1 unspecified atom stereocenters. The molecule has 4 heteroatoms. The fraction of sp³-hybridized carbons (Fsp3) is 0.556. The summed E-state index contributed by atoms with van der Waals surface area (Å²) in [5.41, 5.74) is 0. The van der Waals surface area contributed by atoms with Crippen LogP contribution in [0, 0.1) is 0 Å². The molecule has 0 bridgehead atoms. The highest BCUT2D eigenvalue weighted by atomic mass is 16.5. The van der Waals surface area contributed by atoms with E-state index in [1.165, 1.54) is 0 Å². The maximum Gasteiger partial charge on any atom is 0.148 e. The second-order valence-corrected chi connectivity index (χ2v) is 2.81. The topological polar surface area (TPSA) is 47.0 Å². The molecule has 1 N–H and O–H groups in total. The van der Waals surface area contributed by atoms with Crippen molar-refractivity contribution in [2.45, 2.75) is 19.9 Å². The van der Waals surface area contributed by atoms with E-state index in [9.17, 15) is 0 Å². The summed E-state index contributed by atoms with van der Waals surface area (Å²) < 4.78 is 5.26. The third kappa shape index (κ3) is 3.85. The van der Waals surface area contributed by atoms with E-state index in [0.717, 1.165) is 12.4 Å². The molecular formula is C9H15N3O. The lowest BCUT2D eigenvalue weighted by atomic mass is 10.3. The first-order chi connectivity index (χ1) is 6.33. The van der Waals surface area contributed by atoms with Gasteiger partial charge in [-0.1, -0.05) is 0 Å². The largest absolute Gasteiger partial charge is 0.380 e. The number of anilines is 1. The van der Waals surface area contributed by atoms with Crippen LogP contribution in [0.5, 0.6) is 0 Å². The number of rotatable bonds is 5. The molecule has 0 aliphatic rings. The average Bonchev–Trinajstić information content (AvgIpc) is 2.16. The number of nitrogens with zero attached hydrogens (tertiary/aromatic N) is 2. The van der Waals surface area contributed by atoms with Crippen molar-refractivity contribution in [2.75, 3.05) is 18.5 Å². The van der Waals surface area contributed by atoms with Gasteiger partial charge in [-0.3, -0.25) is 0 Å². The van der Waals surface area contributed by atoms with Crippen molar-refractivity contribution in [3.8, 4) is 0 Å². The quantitative estimate of drug-likeness (QED) is 0.744. The van der Waals surface area contributed by atoms with Crippen molar-refractivity contribution >= 4 is 5.82 Å². The summed E-state index contributed by atoms with van der Waals surface area (Å²) in [4.78, 5) is 0. The molecule has 13 heavy (non-hydrogen) atoms. The monoisotopic (exact) mass is 181 g/mol. The van der Waals surface area contributed by atoms with E-state index in [1.807, 2.05) is 26.0 Å². The Morgan fingerprint density at radius 3 is 3.08 bits per heavy atom. The lowest BCUT2D eigenvalue weighted by Crippen LogP contribution is -2.22. The first-order valence-corrected chi connectivity index (χ1v) is 4.45. The summed E-state index contributed by atoms with van der Waals surface area (Å²) >= 11 is 0. The minimum atomic E-state index is 0.261. The highest BCUT2D eigenvalue weighted by molar-refractivity contribution is 5.32. The fourth-order valence-corrected chi connectivity index (χ4v) is 0.967. The highest BCUT2D eigenvalue weighted by Crippen LogP contribution is 2.00. The fourth-order valence-electron chi connectivity index (χ4n) is 0.967. The van der Waals surface area contributed by atoms with Crippen LogP contribution in [0.3, 0.4) is 0 Å². The van der Waals surface area contributed by atoms with E-state index in [-0.39, 0.29) is 6.04 Å². The van der Waals surface area contributed by atoms with Gasteiger partial charge in [0.1, 0.15) is 5.82 Å². The van der Waals surface area contributed by atoms with E-state index in [1.54, 1.807) is 6.20 Å². The van der Waals surface area contributed by atoms with Gasteiger partial charge in [0.25, 0.3) is 0 Å². The van der Waals surface area contributed by atoms with Crippen LogP contribution in [0.1, 0.15) is 13.8 Å². The minimum absolute atomic E-state index is 0.261. The van der Waals surface area contributed by atoms with Crippen molar-refractivity contribution in [1.29, 1.82) is 0 Å². The van der Waals surface area contributed by atoms with Crippen LogP contribution in [0.15, 0.2) is 18.3 Å². The van der Waals surface area contributed by atoms with Crippen LogP contribution in [-0.2, 0) is 4.74 Å². The van der Waals surface area contributed by atoms with Gasteiger partial charge in [-0.25, -0.2) is 0 Å². The van der Waals surface area contributed by atoms with E-state index in [4.69, 9.17) is 4.74 Å². The number of hydrogen-bond donors (Lipinski definition) is 1. The van der Waals surface area contributed by atoms with Crippen molar-refractivity contribution in [3.63, 3.8) is 0 Å². The van der Waals surface area contributed by atoms with Crippen molar-refractivity contribution in [2.24, 2.45) is 0 Å². The summed E-state index contributed by atoms with van der Waals surface area (Å²) in [5.74, 6) is 0.787. The molecule has 1 heterocycles. The smallest absolute Gasteiger partial charge is 0.148 e. The Labute approximate surface area is 78.3 Å². The second kappa shape index (κ2) is 5.48. The molecule has 72 valence electrons. The molecular weight excluding hydrogens is 166 g/mol. The van der Waals surface area contributed by atoms with Crippen molar-refractivity contribution in [1.82, 2.24) is 10.2 Å². The van der Waals surface area contributed by atoms with Gasteiger partial charge in [0.05, 0.1) is 6.61 Å². The Morgan fingerprint density at radius 2 is 2.46 bits per heavy atom. The number of hydrogen-bond acceptors (Lipinski definition) is 4. The SMILES string of the molecule is CCOCC(C)Nc1cccnn1. The first-order valence-electron chi connectivity index (χ1n) is 4.45. The van der Waals surface area contributed by atoms with Crippen LogP contribution in [0.25, 0.3) is 0 Å². The number of ether oxygens (including phenoxy) is 1. The maximum absolute atomic E-state index is 5.26. The normalized spacial score (nSPS) is 12.5. The summed E-state index contributed by atoms with van der Waals surface area (Å²) in [6.45, 7) is 5.46. The summed E-state index contributed by atoms with van der Waals surface area (Å²) in [7, 11) is 0. The predicted molar refractivity (Wildman–Crippen MR) is 51.6 cm³/mol. The standard InChI is InChI=1S/C9H15N3O/c1-3-13-7-8(2)11-9-5-4-6-10-12-9/h4-6,8H,3,7H2,1-2H3,(H,11,12). The Balaban J connectivity index is 2.32. The van der Waals surface area contributed by atoms with E-state index in [0.29, 0.717) is 6.61 Å². The van der Waals surface area contributed by atoms with Crippen LogP contribution < -0.4 is 5.32 Å². The molecule has 1 aromatic rings. The zero-order valence-corrected chi connectivity index (χ0v) is 8.03. The highest BCUT2D eigenvalue weighted by Gasteiger charge is 2.01. The molecule has 0 fully saturated rings. The maximum atomic E-state index is 5.26. The zero-order chi connectivity index (χ0) is 9.52. The van der Waals surface area contributed by atoms with Crippen LogP contribution in [-0.4, -0.2) is 29.5 Å². The van der Waals surface area contributed by atoms with Gasteiger partial charge in [0.2, 0.25) is 0 Å². The summed E-state index contributed by atoms with van der Waals surface area (Å²) in [6, 6.07) is 4.00. The van der Waals surface area contributed by atoms with E-state index < -0.39 is 0 Å². The minimum Gasteiger partial charge on any atom is -0.380 e. The molecule has 0 aliphatic carbocycles. The van der Waals surface area contributed by atoms with Crippen molar-refractivity contribution in [3.05, 3.63) is 18.3 Å². The predicted octanol–water partition coefficient (Wildman–Crippen LogP) is 1.31. The number of aromatic nitrogens is 2. The summed E-state index contributed by atoms with van der Waals surface area (Å²) in [6.07, 6.45) is 1.65. The molecule has 0 saturated heterocycles.